The van der Waals surface area contributed by atoms with E-state index in [9.17, 15) is 4.79 Å². The van der Waals surface area contributed by atoms with Crippen LogP contribution in [-0.4, -0.2) is 31.8 Å². The maximum atomic E-state index is 12.1. The van der Waals surface area contributed by atoms with Gasteiger partial charge in [0.05, 0.1) is 0 Å². The molecule has 2 N–H and O–H groups in total. The lowest BCUT2D eigenvalue weighted by Crippen LogP contribution is -2.45. The molecule has 1 amide bonds. The van der Waals surface area contributed by atoms with Gasteiger partial charge in [0, 0.05) is 18.2 Å². The number of fused-ring (bicyclic) bond motifs is 1. The minimum absolute atomic E-state index is 0.0537. The highest BCUT2D eigenvalue weighted by atomic mass is 16.7. The van der Waals surface area contributed by atoms with Gasteiger partial charge in [-0.25, -0.2) is 0 Å². The van der Waals surface area contributed by atoms with Crippen molar-refractivity contribution in [3.05, 3.63) is 23.8 Å². The molecule has 0 unspecified atom stereocenters. The van der Waals surface area contributed by atoms with E-state index < -0.39 is 0 Å². The Morgan fingerprint density at radius 2 is 2.22 bits per heavy atom. The van der Waals surface area contributed by atoms with Crippen molar-refractivity contribution in [3.8, 4) is 11.5 Å². The zero-order valence-corrected chi connectivity index (χ0v) is 10.1. The summed E-state index contributed by atoms with van der Waals surface area (Å²) >= 11 is 0. The minimum Gasteiger partial charge on any atom is -0.454 e. The highest BCUT2D eigenvalue weighted by molar-refractivity contribution is 5.95. The Bertz CT molecular complexity index is 456. The Morgan fingerprint density at radius 1 is 1.33 bits per heavy atom. The van der Waals surface area contributed by atoms with Gasteiger partial charge in [0.15, 0.2) is 11.5 Å². The second-order valence-corrected chi connectivity index (χ2v) is 4.58. The van der Waals surface area contributed by atoms with E-state index in [1.807, 2.05) is 0 Å². The highest BCUT2D eigenvalue weighted by Crippen LogP contribution is 2.32. The maximum Gasteiger partial charge on any atom is 0.251 e. The fourth-order valence-corrected chi connectivity index (χ4v) is 2.28. The summed E-state index contributed by atoms with van der Waals surface area (Å²) in [6, 6.07) is 5.49. The second-order valence-electron chi connectivity index (χ2n) is 4.58. The summed E-state index contributed by atoms with van der Waals surface area (Å²) in [5, 5.41) is 6.30. The van der Waals surface area contributed by atoms with Crippen LogP contribution in [0, 0.1) is 0 Å². The van der Waals surface area contributed by atoms with Crippen molar-refractivity contribution in [2.75, 3.05) is 19.9 Å². The quantitative estimate of drug-likeness (QED) is 0.816. The predicted molar refractivity (Wildman–Crippen MR) is 65.9 cm³/mol. The topological polar surface area (TPSA) is 59.6 Å². The maximum absolute atomic E-state index is 12.1. The lowest BCUT2D eigenvalue weighted by molar-refractivity contribution is 0.0930. The monoisotopic (exact) mass is 248 g/mol. The molecule has 5 nitrogen and oxygen atoms in total. The van der Waals surface area contributed by atoms with E-state index >= 15 is 0 Å². The van der Waals surface area contributed by atoms with Crippen LogP contribution in [0.4, 0.5) is 0 Å². The normalized spacial score (nSPS) is 21.7. The first-order chi connectivity index (χ1) is 8.83. The largest absolute Gasteiger partial charge is 0.454 e. The number of carbonyl (C=O) groups is 1. The third-order valence-corrected chi connectivity index (χ3v) is 3.27. The predicted octanol–water partition coefficient (Wildman–Crippen LogP) is 0.897. The number of rotatable bonds is 2. The summed E-state index contributed by atoms with van der Waals surface area (Å²) in [4.78, 5) is 12.1. The zero-order chi connectivity index (χ0) is 12.4. The van der Waals surface area contributed by atoms with E-state index in [4.69, 9.17) is 9.47 Å². The molecule has 2 heterocycles. The molecule has 0 bridgehead atoms. The van der Waals surface area contributed by atoms with E-state index in [0.717, 1.165) is 25.9 Å². The molecule has 0 saturated carbocycles. The molecule has 2 aliphatic rings. The van der Waals surface area contributed by atoms with E-state index in [0.29, 0.717) is 17.1 Å². The minimum atomic E-state index is -0.0537. The molecule has 3 rings (SSSR count). The van der Waals surface area contributed by atoms with Crippen LogP contribution in [0.3, 0.4) is 0 Å². The van der Waals surface area contributed by atoms with Crippen molar-refractivity contribution in [1.82, 2.24) is 10.6 Å². The molecule has 1 aromatic rings. The van der Waals surface area contributed by atoms with Gasteiger partial charge in [0.2, 0.25) is 6.79 Å². The first kappa shape index (κ1) is 11.3. The number of benzene rings is 1. The van der Waals surface area contributed by atoms with Crippen LogP contribution in [0.5, 0.6) is 11.5 Å². The van der Waals surface area contributed by atoms with Gasteiger partial charge in [-0.2, -0.15) is 0 Å². The third-order valence-electron chi connectivity index (χ3n) is 3.27. The molecule has 5 heteroatoms. The molecule has 0 aliphatic carbocycles. The zero-order valence-electron chi connectivity index (χ0n) is 10.1. The van der Waals surface area contributed by atoms with Crippen molar-refractivity contribution < 1.29 is 14.3 Å². The molecule has 2 aliphatic heterocycles. The van der Waals surface area contributed by atoms with E-state index in [2.05, 4.69) is 10.6 Å². The van der Waals surface area contributed by atoms with Gasteiger partial charge in [-0.3, -0.25) is 4.79 Å². The van der Waals surface area contributed by atoms with Gasteiger partial charge in [0.1, 0.15) is 0 Å². The molecule has 1 saturated heterocycles. The van der Waals surface area contributed by atoms with Crippen molar-refractivity contribution in [1.29, 1.82) is 0 Å². The van der Waals surface area contributed by atoms with Crippen molar-refractivity contribution in [2.24, 2.45) is 0 Å². The fourth-order valence-electron chi connectivity index (χ4n) is 2.28. The van der Waals surface area contributed by atoms with Gasteiger partial charge >= 0.3 is 0 Å². The molecule has 0 spiro atoms. The number of piperidine rings is 1. The molecule has 18 heavy (non-hydrogen) atoms. The first-order valence-electron chi connectivity index (χ1n) is 6.24. The Balaban J connectivity index is 1.68. The highest BCUT2D eigenvalue weighted by Gasteiger charge is 2.19. The van der Waals surface area contributed by atoms with Crippen LogP contribution >= 0.6 is 0 Å². The van der Waals surface area contributed by atoms with Crippen molar-refractivity contribution >= 4 is 5.91 Å². The van der Waals surface area contributed by atoms with Gasteiger partial charge in [-0.15, -0.1) is 0 Å². The Kier molecular flexibility index (Phi) is 3.06. The summed E-state index contributed by atoms with van der Waals surface area (Å²) in [6.07, 6.45) is 2.13. The number of hydrogen-bond acceptors (Lipinski definition) is 4. The van der Waals surface area contributed by atoms with Crippen molar-refractivity contribution in [2.45, 2.75) is 18.9 Å². The number of nitrogens with one attached hydrogen (secondary N) is 2. The average molecular weight is 248 g/mol. The third kappa shape index (κ3) is 2.26. The lowest BCUT2D eigenvalue weighted by Gasteiger charge is -2.23. The summed E-state index contributed by atoms with van der Waals surface area (Å²) in [5.74, 6) is 1.29. The Labute approximate surface area is 105 Å². The molecular formula is C13H16N2O3. The standard InChI is InChI=1S/C13H16N2O3/c16-13(15-10-2-1-5-14-7-10)9-3-4-11-12(6-9)18-8-17-11/h3-4,6,10,14H,1-2,5,7-8H2,(H,15,16)/t10-/m1/s1. The molecule has 1 fully saturated rings. The van der Waals surface area contributed by atoms with Crippen LogP contribution in [0.1, 0.15) is 23.2 Å². The lowest BCUT2D eigenvalue weighted by atomic mass is 10.1. The van der Waals surface area contributed by atoms with Gasteiger partial charge in [0.25, 0.3) is 5.91 Å². The van der Waals surface area contributed by atoms with Gasteiger partial charge in [-0.1, -0.05) is 0 Å². The summed E-state index contributed by atoms with van der Waals surface area (Å²) in [7, 11) is 0. The smallest absolute Gasteiger partial charge is 0.251 e. The number of amides is 1. The molecule has 0 radical (unpaired) electrons. The molecular weight excluding hydrogens is 232 g/mol. The average Bonchev–Trinajstić information content (AvgIpc) is 2.87. The van der Waals surface area contributed by atoms with Crippen LogP contribution in [0.25, 0.3) is 0 Å². The Hall–Kier alpha value is -1.75. The van der Waals surface area contributed by atoms with Crippen LogP contribution in [0.2, 0.25) is 0 Å². The van der Waals surface area contributed by atoms with Crippen LogP contribution in [-0.2, 0) is 0 Å². The molecule has 96 valence electrons. The number of ether oxygens (including phenoxy) is 2. The van der Waals surface area contributed by atoms with E-state index in [1.165, 1.54) is 0 Å². The Morgan fingerprint density at radius 3 is 3.06 bits per heavy atom. The molecule has 1 aromatic carbocycles. The van der Waals surface area contributed by atoms with E-state index in [1.54, 1.807) is 18.2 Å². The summed E-state index contributed by atoms with van der Waals surface area (Å²) in [5.41, 5.74) is 0.616. The fraction of sp³-hybridized carbons (Fsp3) is 0.462. The summed E-state index contributed by atoms with van der Waals surface area (Å²) < 4.78 is 10.5. The van der Waals surface area contributed by atoms with Gasteiger partial charge in [-0.05, 0) is 37.6 Å². The molecule has 1 atom stereocenters. The van der Waals surface area contributed by atoms with Gasteiger partial charge < -0.3 is 20.1 Å². The van der Waals surface area contributed by atoms with Crippen LogP contribution in [0.15, 0.2) is 18.2 Å². The van der Waals surface area contributed by atoms with Crippen molar-refractivity contribution in [3.63, 3.8) is 0 Å². The SMILES string of the molecule is O=C(N[C@@H]1CCCNC1)c1ccc2c(c1)OCO2. The first-order valence-corrected chi connectivity index (χ1v) is 6.24. The number of hydrogen-bond donors (Lipinski definition) is 2. The summed E-state index contributed by atoms with van der Waals surface area (Å²) in [6.45, 7) is 2.11. The van der Waals surface area contributed by atoms with Crippen LogP contribution < -0.4 is 20.1 Å². The molecule has 0 aromatic heterocycles. The van der Waals surface area contributed by atoms with E-state index in [-0.39, 0.29) is 18.7 Å². The number of carbonyl (C=O) groups excluding carboxylic acids is 1. The second kappa shape index (κ2) is 4.86.